The molecule has 1 N–H and O–H groups in total. The number of aliphatic carboxylic acids is 1. The predicted molar refractivity (Wildman–Crippen MR) is 117 cm³/mol. The molecule has 0 radical (unpaired) electrons. The molecule has 148 valence electrons. The Morgan fingerprint density at radius 1 is 0.931 bits per heavy atom. The SMILES string of the molecule is CCc1ccc(C(c2ccc(-c3ccccc3)cc2)N2CCCC2C(=O)O)cc1. The second-order valence-electron chi connectivity index (χ2n) is 7.72. The van der Waals surface area contributed by atoms with Crippen molar-refractivity contribution in [2.24, 2.45) is 0 Å². The molecule has 3 nitrogen and oxygen atoms in total. The fraction of sp³-hybridized carbons (Fsp3) is 0.269. The highest BCUT2D eigenvalue weighted by Crippen LogP contribution is 2.36. The van der Waals surface area contributed by atoms with Crippen LogP contribution in [0.5, 0.6) is 0 Å². The molecule has 0 aromatic heterocycles. The number of rotatable bonds is 6. The third-order valence-corrected chi connectivity index (χ3v) is 5.95. The van der Waals surface area contributed by atoms with Crippen molar-refractivity contribution < 1.29 is 9.90 Å². The van der Waals surface area contributed by atoms with Crippen LogP contribution in [0.4, 0.5) is 0 Å². The Balaban J connectivity index is 1.72. The van der Waals surface area contributed by atoms with Crippen LogP contribution < -0.4 is 0 Å². The van der Waals surface area contributed by atoms with Gasteiger partial charge in [0, 0.05) is 6.54 Å². The molecule has 1 aliphatic heterocycles. The Hall–Kier alpha value is -2.91. The first kappa shape index (κ1) is 19.4. The number of nitrogens with zero attached hydrogens (tertiary/aromatic N) is 1. The molecule has 3 aromatic carbocycles. The first-order valence-electron chi connectivity index (χ1n) is 10.4. The summed E-state index contributed by atoms with van der Waals surface area (Å²) in [5, 5.41) is 9.76. The van der Waals surface area contributed by atoms with Crippen molar-refractivity contribution in [2.45, 2.75) is 38.3 Å². The van der Waals surface area contributed by atoms with Crippen LogP contribution in [-0.2, 0) is 11.2 Å². The standard InChI is InChI=1S/C26H27NO2/c1-2-19-10-12-22(13-11-19)25(27-18-6-9-24(27)26(28)29)23-16-14-21(15-17-23)20-7-4-3-5-8-20/h3-5,7-8,10-17,24-25H,2,6,9,18H2,1H3,(H,28,29). The molecule has 0 spiro atoms. The second kappa shape index (κ2) is 8.62. The summed E-state index contributed by atoms with van der Waals surface area (Å²) in [5.41, 5.74) is 5.95. The number of carboxylic acids is 1. The monoisotopic (exact) mass is 385 g/mol. The highest BCUT2D eigenvalue weighted by atomic mass is 16.4. The van der Waals surface area contributed by atoms with Crippen molar-refractivity contribution in [3.63, 3.8) is 0 Å². The molecule has 0 bridgehead atoms. The van der Waals surface area contributed by atoms with Gasteiger partial charge in [0.15, 0.2) is 0 Å². The largest absolute Gasteiger partial charge is 0.480 e. The Bertz CT molecular complexity index is 948. The van der Waals surface area contributed by atoms with E-state index in [4.69, 9.17) is 0 Å². The van der Waals surface area contributed by atoms with Gasteiger partial charge in [-0.1, -0.05) is 85.8 Å². The van der Waals surface area contributed by atoms with Crippen LogP contribution in [-0.4, -0.2) is 28.6 Å². The van der Waals surface area contributed by atoms with Gasteiger partial charge < -0.3 is 5.11 Å². The third kappa shape index (κ3) is 4.10. The quantitative estimate of drug-likeness (QED) is 0.604. The molecule has 2 atom stereocenters. The van der Waals surface area contributed by atoms with Crippen molar-refractivity contribution in [3.8, 4) is 11.1 Å². The molecule has 3 heteroatoms. The molecule has 29 heavy (non-hydrogen) atoms. The van der Waals surface area contributed by atoms with Gasteiger partial charge in [-0.05, 0) is 47.1 Å². The van der Waals surface area contributed by atoms with Crippen molar-refractivity contribution in [1.29, 1.82) is 0 Å². The predicted octanol–water partition coefficient (Wildman–Crippen LogP) is 5.55. The van der Waals surface area contributed by atoms with Crippen LogP contribution in [0, 0.1) is 0 Å². The number of benzene rings is 3. The molecule has 4 rings (SSSR count). The van der Waals surface area contributed by atoms with Gasteiger partial charge in [-0.3, -0.25) is 9.69 Å². The first-order valence-corrected chi connectivity index (χ1v) is 10.4. The van der Waals surface area contributed by atoms with Crippen LogP contribution >= 0.6 is 0 Å². The van der Waals surface area contributed by atoms with Crippen molar-refractivity contribution in [1.82, 2.24) is 4.90 Å². The number of hydrogen-bond acceptors (Lipinski definition) is 2. The highest BCUT2D eigenvalue weighted by Gasteiger charge is 2.36. The number of aryl methyl sites for hydroxylation is 1. The fourth-order valence-corrected chi connectivity index (χ4v) is 4.36. The smallest absolute Gasteiger partial charge is 0.320 e. The molecule has 3 aromatic rings. The average molecular weight is 386 g/mol. The van der Waals surface area contributed by atoms with Crippen molar-refractivity contribution in [3.05, 3.63) is 95.6 Å². The first-order chi connectivity index (χ1) is 14.2. The van der Waals surface area contributed by atoms with E-state index in [9.17, 15) is 9.90 Å². The molecule has 1 heterocycles. The Kier molecular flexibility index (Phi) is 5.77. The van der Waals surface area contributed by atoms with Gasteiger partial charge in [0.05, 0.1) is 6.04 Å². The summed E-state index contributed by atoms with van der Waals surface area (Å²) in [6, 6.07) is 27.1. The summed E-state index contributed by atoms with van der Waals surface area (Å²) in [6.45, 7) is 2.95. The van der Waals surface area contributed by atoms with Crippen LogP contribution in [0.1, 0.15) is 42.5 Å². The molecule has 0 saturated carbocycles. The third-order valence-electron chi connectivity index (χ3n) is 5.95. The maximum Gasteiger partial charge on any atom is 0.320 e. The Morgan fingerprint density at radius 3 is 2.10 bits per heavy atom. The fourth-order valence-electron chi connectivity index (χ4n) is 4.36. The van der Waals surface area contributed by atoms with E-state index in [0.29, 0.717) is 6.42 Å². The van der Waals surface area contributed by atoms with Gasteiger partial charge in [-0.2, -0.15) is 0 Å². The van der Waals surface area contributed by atoms with Crippen LogP contribution in [0.2, 0.25) is 0 Å². The van der Waals surface area contributed by atoms with Crippen molar-refractivity contribution >= 4 is 5.97 Å². The highest BCUT2D eigenvalue weighted by molar-refractivity contribution is 5.74. The molecular formula is C26H27NO2. The Morgan fingerprint density at radius 2 is 1.52 bits per heavy atom. The molecule has 1 fully saturated rings. The molecule has 0 amide bonds. The molecule has 2 unspecified atom stereocenters. The average Bonchev–Trinajstić information content (AvgIpc) is 3.25. The van der Waals surface area contributed by atoms with E-state index in [-0.39, 0.29) is 6.04 Å². The minimum atomic E-state index is -0.724. The van der Waals surface area contributed by atoms with E-state index in [0.717, 1.165) is 30.5 Å². The zero-order valence-corrected chi connectivity index (χ0v) is 16.8. The van der Waals surface area contributed by atoms with Gasteiger partial charge in [-0.25, -0.2) is 0 Å². The van der Waals surface area contributed by atoms with Crippen LogP contribution in [0.3, 0.4) is 0 Å². The lowest BCUT2D eigenvalue weighted by Crippen LogP contribution is -2.39. The summed E-state index contributed by atoms with van der Waals surface area (Å²) in [4.78, 5) is 14.0. The van der Waals surface area contributed by atoms with E-state index in [1.165, 1.54) is 16.7 Å². The lowest BCUT2D eigenvalue weighted by molar-refractivity contribution is -0.142. The zero-order chi connectivity index (χ0) is 20.2. The second-order valence-corrected chi connectivity index (χ2v) is 7.72. The summed E-state index contributed by atoms with van der Waals surface area (Å²) in [6.07, 6.45) is 2.63. The lowest BCUT2D eigenvalue weighted by Gasteiger charge is -2.32. The number of carbonyl (C=O) groups is 1. The molecule has 0 aliphatic carbocycles. The van der Waals surface area contributed by atoms with Gasteiger partial charge >= 0.3 is 5.97 Å². The maximum absolute atomic E-state index is 11.9. The topological polar surface area (TPSA) is 40.5 Å². The summed E-state index contributed by atoms with van der Waals surface area (Å²) < 4.78 is 0. The molecular weight excluding hydrogens is 358 g/mol. The van der Waals surface area contributed by atoms with Crippen LogP contribution in [0.15, 0.2) is 78.9 Å². The lowest BCUT2D eigenvalue weighted by atomic mass is 9.93. The normalized spacial score (nSPS) is 17.9. The zero-order valence-electron chi connectivity index (χ0n) is 16.8. The minimum Gasteiger partial charge on any atom is -0.480 e. The number of likely N-dealkylation sites (tertiary alicyclic amines) is 1. The molecule has 1 aliphatic rings. The van der Waals surface area contributed by atoms with Gasteiger partial charge in [0.2, 0.25) is 0 Å². The van der Waals surface area contributed by atoms with Gasteiger partial charge in [0.25, 0.3) is 0 Å². The van der Waals surface area contributed by atoms with E-state index in [1.807, 2.05) is 18.2 Å². The van der Waals surface area contributed by atoms with Crippen LogP contribution in [0.25, 0.3) is 11.1 Å². The van der Waals surface area contributed by atoms with Gasteiger partial charge in [-0.15, -0.1) is 0 Å². The Labute approximate surface area is 172 Å². The van der Waals surface area contributed by atoms with E-state index >= 15 is 0 Å². The number of carboxylic acid groups (broad SMARTS) is 1. The van der Waals surface area contributed by atoms with E-state index in [2.05, 4.69) is 72.5 Å². The van der Waals surface area contributed by atoms with Crippen molar-refractivity contribution in [2.75, 3.05) is 6.54 Å². The number of hydrogen-bond donors (Lipinski definition) is 1. The minimum absolute atomic E-state index is 0.0469. The van der Waals surface area contributed by atoms with E-state index in [1.54, 1.807) is 0 Å². The molecule has 1 saturated heterocycles. The summed E-state index contributed by atoms with van der Waals surface area (Å²) in [7, 11) is 0. The summed E-state index contributed by atoms with van der Waals surface area (Å²) >= 11 is 0. The summed E-state index contributed by atoms with van der Waals surface area (Å²) in [5.74, 6) is -0.724. The maximum atomic E-state index is 11.9. The van der Waals surface area contributed by atoms with E-state index < -0.39 is 12.0 Å². The van der Waals surface area contributed by atoms with Gasteiger partial charge in [0.1, 0.15) is 6.04 Å².